The van der Waals surface area contributed by atoms with Crippen molar-refractivity contribution in [2.24, 2.45) is 0 Å². The van der Waals surface area contributed by atoms with Gasteiger partial charge in [-0.05, 0) is 26.3 Å². The van der Waals surface area contributed by atoms with E-state index in [1.807, 2.05) is 0 Å². The highest BCUT2D eigenvalue weighted by molar-refractivity contribution is 7.44. The number of nitrogens with zero attached hydrogens (tertiary/aromatic N) is 1. The lowest BCUT2D eigenvalue weighted by atomic mass is 10.1. The second-order valence-corrected chi connectivity index (χ2v) is 9.51. The number of benzene rings is 1. The molecule has 1 unspecified atom stereocenters. The van der Waals surface area contributed by atoms with Gasteiger partial charge in [0.05, 0.1) is 30.7 Å². The molecule has 0 aliphatic carbocycles. The highest BCUT2D eigenvalue weighted by atomic mass is 31.2. The number of hydrogen-bond donors (Lipinski definition) is 1. The Morgan fingerprint density at radius 3 is 2.24 bits per heavy atom. The highest BCUT2D eigenvalue weighted by Gasteiger charge is 2.20. The molecular formula is C25H37NO10P-. The van der Waals surface area contributed by atoms with Crippen molar-refractivity contribution in [3.05, 3.63) is 34.1 Å². The molecule has 1 atom stereocenters. The van der Waals surface area contributed by atoms with Crippen LogP contribution in [0, 0.1) is 0 Å². The van der Waals surface area contributed by atoms with E-state index in [4.69, 9.17) is 19.1 Å². The van der Waals surface area contributed by atoms with E-state index in [0.29, 0.717) is 24.7 Å². The standard InChI is InChI=1S/C25H38NO10P/c1-4-7-8-9-10-11-12-13-14-34-22-15-19-21(16-23(22)32-5-2)26(18-35-36-37(29,30)31)17-20(24(19)27)25(28)33-6-3/h15-17H,4-14,18H2,1-3H3,(H2,29,30,31)/p-1. The third-order valence-corrected chi connectivity index (χ3v) is 5.83. The fourth-order valence-corrected chi connectivity index (χ4v) is 3.99. The minimum Gasteiger partial charge on any atom is -0.755 e. The van der Waals surface area contributed by atoms with Crippen LogP contribution >= 0.6 is 7.82 Å². The largest absolute Gasteiger partial charge is 0.755 e. The predicted molar refractivity (Wildman–Crippen MR) is 135 cm³/mol. The number of rotatable bonds is 18. The molecule has 0 spiro atoms. The normalized spacial score (nSPS) is 12.9. The smallest absolute Gasteiger partial charge is 0.343 e. The fraction of sp³-hybridized carbons (Fsp3) is 0.600. The van der Waals surface area contributed by atoms with E-state index in [9.17, 15) is 19.0 Å². The van der Waals surface area contributed by atoms with E-state index >= 15 is 0 Å². The Labute approximate surface area is 216 Å². The molecule has 11 nitrogen and oxygen atoms in total. The Balaban J connectivity index is 2.29. The van der Waals surface area contributed by atoms with Gasteiger partial charge in [-0.1, -0.05) is 51.9 Å². The van der Waals surface area contributed by atoms with Gasteiger partial charge in [0.25, 0.3) is 7.82 Å². The monoisotopic (exact) mass is 542 g/mol. The second kappa shape index (κ2) is 15.7. The van der Waals surface area contributed by atoms with Gasteiger partial charge >= 0.3 is 5.97 Å². The molecular weight excluding hydrogens is 505 g/mol. The van der Waals surface area contributed by atoms with Crippen molar-refractivity contribution in [2.45, 2.75) is 78.9 Å². The molecule has 1 aromatic carbocycles. The van der Waals surface area contributed by atoms with Crippen LogP contribution in [0.1, 0.15) is 82.5 Å². The number of carbonyl (C=O) groups excluding carboxylic acids is 1. The number of hydrogen-bond acceptors (Lipinski definition) is 9. The molecule has 2 rings (SSSR count). The number of ether oxygens (including phenoxy) is 3. The summed E-state index contributed by atoms with van der Waals surface area (Å²) in [5, 5.41) is 0.109. The van der Waals surface area contributed by atoms with Gasteiger partial charge in [-0.2, -0.15) is 4.67 Å². The lowest BCUT2D eigenvalue weighted by Crippen LogP contribution is -2.22. The van der Waals surface area contributed by atoms with E-state index < -0.39 is 26.0 Å². The summed E-state index contributed by atoms with van der Waals surface area (Å²) >= 11 is 0. The quantitative estimate of drug-likeness (QED) is 0.0941. The lowest BCUT2D eigenvalue weighted by Gasteiger charge is -2.18. The van der Waals surface area contributed by atoms with Crippen LogP contribution in [0.4, 0.5) is 0 Å². The van der Waals surface area contributed by atoms with Crippen LogP contribution in [0.25, 0.3) is 10.9 Å². The van der Waals surface area contributed by atoms with Gasteiger partial charge in [0.2, 0.25) is 5.43 Å². The summed E-state index contributed by atoms with van der Waals surface area (Å²) in [6, 6.07) is 3.02. The molecule has 2 aromatic rings. The molecule has 0 saturated heterocycles. The molecule has 0 saturated carbocycles. The van der Waals surface area contributed by atoms with E-state index in [2.05, 4.69) is 16.5 Å². The van der Waals surface area contributed by atoms with Gasteiger partial charge in [0, 0.05) is 12.3 Å². The van der Waals surface area contributed by atoms with Crippen LogP contribution in [0.3, 0.4) is 0 Å². The van der Waals surface area contributed by atoms with E-state index in [1.54, 1.807) is 13.8 Å². The first-order chi connectivity index (χ1) is 17.7. The summed E-state index contributed by atoms with van der Waals surface area (Å²) in [4.78, 5) is 49.8. The van der Waals surface area contributed by atoms with Crippen molar-refractivity contribution in [1.82, 2.24) is 4.57 Å². The zero-order chi connectivity index (χ0) is 27.3. The first-order valence-electron chi connectivity index (χ1n) is 12.7. The number of pyridine rings is 1. The van der Waals surface area contributed by atoms with Crippen molar-refractivity contribution in [1.29, 1.82) is 0 Å². The van der Waals surface area contributed by atoms with Gasteiger partial charge < -0.3 is 28.6 Å². The second-order valence-electron chi connectivity index (χ2n) is 8.42. The molecule has 0 fully saturated rings. The van der Waals surface area contributed by atoms with Crippen LogP contribution in [0.5, 0.6) is 11.5 Å². The maximum atomic E-state index is 13.2. The zero-order valence-electron chi connectivity index (χ0n) is 21.7. The Hall–Kier alpha value is -2.43. The predicted octanol–water partition coefficient (Wildman–Crippen LogP) is 4.46. The lowest BCUT2D eigenvalue weighted by molar-refractivity contribution is -0.314. The van der Waals surface area contributed by atoms with Crippen molar-refractivity contribution in [3.8, 4) is 11.5 Å². The summed E-state index contributed by atoms with van der Waals surface area (Å²) in [6.45, 7) is 5.84. The van der Waals surface area contributed by atoms with Gasteiger partial charge in [0.15, 0.2) is 18.2 Å². The molecule has 1 N–H and O–H groups in total. The van der Waals surface area contributed by atoms with E-state index in [-0.39, 0.29) is 23.1 Å². The SMILES string of the molecule is CCCCCCCCCCOc1cc2c(=O)c(C(=O)OCC)cn(COOP(=O)([O-])O)c2cc1OCC. The van der Waals surface area contributed by atoms with Gasteiger partial charge in [-0.25, -0.2) is 9.68 Å². The molecule has 208 valence electrons. The van der Waals surface area contributed by atoms with Crippen molar-refractivity contribution in [2.75, 3.05) is 19.8 Å². The number of esters is 1. The van der Waals surface area contributed by atoms with Crippen LogP contribution in [-0.2, 0) is 25.6 Å². The van der Waals surface area contributed by atoms with E-state index in [1.165, 1.54) is 48.8 Å². The highest BCUT2D eigenvalue weighted by Crippen LogP contribution is 2.33. The topological polar surface area (TPSA) is 146 Å². The summed E-state index contributed by atoms with van der Waals surface area (Å²) in [7, 11) is -5.15. The number of carbonyl (C=O) groups is 1. The number of aromatic nitrogens is 1. The zero-order valence-corrected chi connectivity index (χ0v) is 22.6. The third-order valence-electron chi connectivity index (χ3n) is 5.53. The maximum Gasteiger partial charge on any atom is 0.343 e. The maximum absolute atomic E-state index is 13.2. The van der Waals surface area contributed by atoms with Crippen LogP contribution in [-0.4, -0.2) is 35.3 Å². The summed E-state index contributed by atoms with van der Waals surface area (Å²) in [5.41, 5.74) is -0.615. The van der Waals surface area contributed by atoms with Gasteiger partial charge in [0.1, 0.15) is 5.56 Å². The first-order valence-corrected chi connectivity index (χ1v) is 14.2. The third kappa shape index (κ3) is 10.1. The fourth-order valence-electron chi connectivity index (χ4n) is 3.80. The molecule has 1 heterocycles. The molecule has 0 aliphatic rings. The van der Waals surface area contributed by atoms with Crippen molar-refractivity contribution in [3.63, 3.8) is 0 Å². The van der Waals surface area contributed by atoms with Crippen LogP contribution in [0.2, 0.25) is 0 Å². The molecule has 12 heteroatoms. The van der Waals surface area contributed by atoms with Crippen molar-refractivity contribution < 1.29 is 42.9 Å². The van der Waals surface area contributed by atoms with Gasteiger partial charge in [-0.3, -0.25) is 9.36 Å². The molecule has 0 amide bonds. The molecule has 1 aromatic heterocycles. The molecule has 0 bridgehead atoms. The molecule has 0 aliphatic heterocycles. The number of fused-ring (bicyclic) bond motifs is 1. The minimum atomic E-state index is -5.15. The average molecular weight is 543 g/mol. The summed E-state index contributed by atoms with van der Waals surface area (Å²) < 4.78 is 32.7. The van der Waals surface area contributed by atoms with Crippen LogP contribution in [0.15, 0.2) is 23.1 Å². The van der Waals surface area contributed by atoms with Gasteiger partial charge in [-0.15, -0.1) is 0 Å². The van der Waals surface area contributed by atoms with Crippen molar-refractivity contribution >= 4 is 24.7 Å². The van der Waals surface area contributed by atoms with Crippen LogP contribution < -0.4 is 19.8 Å². The Bertz CT molecular complexity index is 1110. The average Bonchev–Trinajstić information content (AvgIpc) is 2.84. The molecule has 0 radical (unpaired) electrons. The van der Waals surface area contributed by atoms with E-state index in [0.717, 1.165) is 25.5 Å². The molecule has 37 heavy (non-hydrogen) atoms. The first kappa shape index (κ1) is 30.8. The summed E-state index contributed by atoms with van der Waals surface area (Å²) in [6.07, 6.45) is 10.3. The Kier molecular flexibility index (Phi) is 13.1. The minimum absolute atomic E-state index is 0.0516. The Morgan fingerprint density at radius 1 is 0.973 bits per heavy atom. The summed E-state index contributed by atoms with van der Waals surface area (Å²) in [5.74, 6) is -0.140. The Morgan fingerprint density at radius 2 is 1.62 bits per heavy atom. The number of unbranched alkanes of at least 4 members (excludes halogenated alkanes) is 7. The number of phosphoric acid groups is 1.